The highest BCUT2D eigenvalue weighted by Crippen LogP contribution is 2.50. The summed E-state index contributed by atoms with van der Waals surface area (Å²) in [6.45, 7) is 3.09. The Labute approximate surface area is 124 Å². The average molecular weight is 287 g/mol. The third-order valence-electron chi connectivity index (χ3n) is 4.79. The zero-order valence-corrected chi connectivity index (χ0v) is 12.3. The van der Waals surface area contributed by atoms with Gasteiger partial charge in [0.2, 0.25) is 5.91 Å². The lowest BCUT2D eigenvalue weighted by atomic mass is 9.90. The minimum Gasteiger partial charge on any atom is -0.481 e. The van der Waals surface area contributed by atoms with Crippen LogP contribution in [0.3, 0.4) is 0 Å². The van der Waals surface area contributed by atoms with E-state index in [1.54, 1.807) is 4.90 Å². The van der Waals surface area contributed by atoms with Crippen LogP contribution in [0.4, 0.5) is 0 Å². The summed E-state index contributed by atoms with van der Waals surface area (Å²) in [6.07, 6.45) is 3.22. The van der Waals surface area contributed by atoms with E-state index in [1.165, 1.54) is 0 Å². The van der Waals surface area contributed by atoms with Crippen molar-refractivity contribution in [1.29, 1.82) is 0 Å². The van der Waals surface area contributed by atoms with Crippen LogP contribution in [0.2, 0.25) is 0 Å². The smallest absolute Gasteiger partial charge is 0.308 e. The second-order valence-electron chi connectivity index (χ2n) is 6.38. The lowest BCUT2D eigenvalue weighted by Crippen LogP contribution is -2.46. The average Bonchev–Trinajstić information content (AvgIpc) is 3.28. The van der Waals surface area contributed by atoms with Crippen molar-refractivity contribution in [2.45, 2.75) is 38.0 Å². The number of aryl methyl sites for hydroxylation is 1. The Kier molecular flexibility index (Phi) is 3.47. The van der Waals surface area contributed by atoms with Gasteiger partial charge in [-0.1, -0.05) is 29.8 Å². The van der Waals surface area contributed by atoms with E-state index >= 15 is 0 Å². The van der Waals surface area contributed by atoms with Crippen molar-refractivity contribution in [2.75, 3.05) is 13.1 Å². The van der Waals surface area contributed by atoms with E-state index in [-0.39, 0.29) is 11.3 Å². The second-order valence-corrected chi connectivity index (χ2v) is 6.38. The van der Waals surface area contributed by atoms with E-state index < -0.39 is 11.9 Å². The fourth-order valence-electron chi connectivity index (χ4n) is 3.36. The molecule has 1 amide bonds. The molecular weight excluding hydrogens is 266 g/mol. The van der Waals surface area contributed by atoms with Crippen LogP contribution in [-0.2, 0) is 15.0 Å². The fraction of sp³-hybridized carbons (Fsp3) is 0.529. The van der Waals surface area contributed by atoms with Gasteiger partial charge in [0.05, 0.1) is 11.3 Å². The van der Waals surface area contributed by atoms with Crippen molar-refractivity contribution in [3.05, 3.63) is 35.4 Å². The Bertz CT molecular complexity index is 577. The highest BCUT2D eigenvalue weighted by atomic mass is 16.4. The number of amides is 1. The number of rotatable bonds is 3. The number of carbonyl (C=O) groups excluding carboxylic acids is 1. The van der Waals surface area contributed by atoms with E-state index in [4.69, 9.17) is 0 Å². The molecule has 1 aromatic rings. The monoisotopic (exact) mass is 287 g/mol. The molecule has 112 valence electrons. The van der Waals surface area contributed by atoms with Crippen LogP contribution >= 0.6 is 0 Å². The summed E-state index contributed by atoms with van der Waals surface area (Å²) in [4.78, 5) is 25.8. The molecule has 4 nitrogen and oxygen atoms in total. The first-order valence-corrected chi connectivity index (χ1v) is 7.62. The summed E-state index contributed by atoms with van der Waals surface area (Å²) in [5.41, 5.74) is 1.87. The van der Waals surface area contributed by atoms with Gasteiger partial charge in [0.1, 0.15) is 0 Å². The molecule has 0 unspecified atom stereocenters. The lowest BCUT2D eigenvalue weighted by Gasteiger charge is -2.33. The third-order valence-corrected chi connectivity index (χ3v) is 4.79. The summed E-state index contributed by atoms with van der Waals surface area (Å²) in [6, 6.07) is 8.14. The van der Waals surface area contributed by atoms with Crippen LogP contribution in [0, 0.1) is 12.8 Å². The van der Waals surface area contributed by atoms with Gasteiger partial charge in [-0.15, -0.1) is 0 Å². The van der Waals surface area contributed by atoms with Gasteiger partial charge < -0.3 is 10.0 Å². The Morgan fingerprint density at radius 2 is 2.10 bits per heavy atom. The number of benzene rings is 1. The molecular formula is C17H21NO3. The third kappa shape index (κ3) is 2.55. The highest BCUT2D eigenvalue weighted by Gasteiger charge is 2.53. The molecule has 0 spiro atoms. The maximum atomic E-state index is 12.9. The minimum atomic E-state index is -0.784. The number of carbonyl (C=O) groups is 2. The van der Waals surface area contributed by atoms with Crippen LogP contribution in [-0.4, -0.2) is 35.0 Å². The number of carboxylic acid groups (broad SMARTS) is 1. The van der Waals surface area contributed by atoms with Crippen LogP contribution in [0.5, 0.6) is 0 Å². The minimum absolute atomic E-state index is 0.124. The first-order chi connectivity index (χ1) is 10.0. The number of nitrogens with zero attached hydrogens (tertiary/aromatic N) is 1. The number of piperidine rings is 1. The Morgan fingerprint density at radius 1 is 1.33 bits per heavy atom. The zero-order valence-electron chi connectivity index (χ0n) is 12.3. The van der Waals surface area contributed by atoms with Crippen molar-refractivity contribution < 1.29 is 14.7 Å². The topological polar surface area (TPSA) is 57.6 Å². The highest BCUT2D eigenvalue weighted by molar-refractivity contribution is 5.91. The SMILES string of the molecule is Cc1cccc(C2(C(=O)N3CCC[C@H](C(=O)O)C3)CC2)c1. The predicted molar refractivity (Wildman–Crippen MR) is 79.0 cm³/mol. The fourth-order valence-corrected chi connectivity index (χ4v) is 3.36. The summed E-state index contributed by atoms with van der Waals surface area (Å²) in [7, 11) is 0. The molecule has 0 aromatic heterocycles. The van der Waals surface area contributed by atoms with Crippen molar-refractivity contribution >= 4 is 11.9 Å². The lowest BCUT2D eigenvalue weighted by molar-refractivity contribution is -0.146. The van der Waals surface area contributed by atoms with Crippen LogP contribution in [0.25, 0.3) is 0 Å². The molecule has 2 aliphatic rings. The molecule has 0 bridgehead atoms. The van der Waals surface area contributed by atoms with Gasteiger partial charge in [0.25, 0.3) is 0 Å². The summed E-state index contributed by atoms with van der Waals surface area (Å²) >= 11 is 0. The molecule has 1 saturated heterocycles. The first-order valence-electron chi connectivity index (χ1n) is 7.62. The Hall–Kier alpha value is -1.84. The maximum absolute atomic E-state index is 12.9. The Morgan fingerprint density at radius 3 is 2.71 bits per heavy atom. The molecule has 1 aromatic carbocycles. The van der Waals surface area contributed by atoms with Crippen molar-refractivity contribution in [2.24, 2.45) is 5.92 Å². The molecule has 1 aliphatic heterocycles. The molecule has 1 heterocycles. The summed E-state index contributed by atoms with van der Waals surface area (Å²) in [5.74, 6) is -1.07. The summed E-state index contributed by atoms with van der Waals surface area (Å²) in [5, 5.41) is 9.17. The van der Waals surface area contributed by atoms with Crippen LogP contribution < -0.4 is 0 Å². The molecule has 1 atom stereocenters. The van der Waals surface area contributed by atoms with E-state index in [1.807, 2.05) is 25.1 Å². The molecule has 1 saturated carbocycles. The van der Waals surface area contributed by atoms with Crippen LogP contribution in [0.1, 0.15) is 36.8 Å². The molecule has 21 heavy (non-hydrogen) atoms. The molecule has 1 N–H and O–H groups in total. The number of carboxylic acids is 1. The molecule has 3 rings (SSSR count). The predicted octanol–water partition coefficient (Wildman–Crippen LogP) is 2.35. The van der Waals surface area contributed by atoms with Gasteiger partial charge in [-0.3, -0.25) is 9.59 Å². The number of likely N-dealkylation sites (tertiary alicyclic amines) is 1. The number of aliphatic carboxylic acids is 1. The zero-order chi connectivity index (χ0) is 15.0. The first kappa shape index (κ1) is 14.1. The quantitative estimate of drug-likeness (QED) is 0.928. The van der Waals surface area contributed by atoms with Gasteiger partial charge in [-0.2, -0.15) is 0 Å². The van der Waals surface area contributed by atoms with Crippen molar-refractivity contribution in [3.63, 3.8) is 0 Å². The molecule has 4 heteroatoms. The molecule has 1 aliphatic carbocycles. The van der Waals surface area contributed by atoms with Crippen molar-refractivity contribution in [3.8, 4) is 0 Å². The van der Waals surface area contributed by atoms with E-state index in [0.29, 0.717) is 19.5 Å². The number of hydrogen-bond donors (Lipinski definition) is 1. The number of hydrogen-bond acceptors (Lipinski definition) is 2. The van der Waals surface area contributed by atoms with E-state index in [9.17, 15) is 14.7 Å². The van der Waals surface area contributed by atoms with Gasteiger partial charge in [-0.05, 0) is 38.2 Å². The van der Waals surface area contributed by atoms with Crippen LogP contribution in [0.15, 0.2) is 24.3 Å². The Balaban J connectivity index is 1.80. The van der Waals surface area contributed by atoms with Gasteiger partial charge in [0.15, 0.2) is 0 Å². The summed E-state index contributed by atoms with van der Waals surface area (Å²) < 4.78 is 0. The van der Waals surface area contributed by atoms with E-state index in [2.05, 4.69) is 6.07 Å². The van der Waals surface area contributed by atoms with Crippen molar-refractivity contribution in [1.82, 2.24) is 4.90 Å². The second kappa shape index (κ2) is 5.17. The molecule has 2 fully saturated rings. The van der Waals surface area contributed by atoms with Gasteiger partial charge in [0, 0.05) is 13.1 Å². The maximum Gasteiger partial charge on any atom is 0.308 e. The standard InChI is InChI=1S/C17H21NO3/c1-12-4-2-6-14(10-12)17(7-8-17)16(21)18-9-3-5-13(11-18)15(19)20/h2,4,6,10,13H,3,5,7-9,11H2,1H3,(H,19,20)/t13-/m0/s1. The molecule has 0 radical (unpaired) electrons. The van der Waals surface area contributed by atoms with Gasteiger partial charge >= 0.3 is 5.97 Å². The van der Waals surface area contributed by atoms with Gasteiger partial charge in [-0.25, -0.2) is 0 Å². The van der Waals surface area contributed by atoms with E-state index in [0.717, 1.165) is 30.4 Å². The largest absolute Gasteiger partial charge is 0.481 e. The normalized spacial score (nSPS) is 23.7.